The Hall–Kier alpha value is -1.59. The summed E-state index contributed by atoms with van der Waals surface area (Å²) < 4.78 is 10.8. The largest absolute Gasteiger partial charge is 0.464 e. The van der Waals surface area contributed by atoms with Gasteiger partial charge >= 0.3 is 12.0 Å². The van der Waals surface area contributed by atoms with E-state index in [1.807, 2.05) is 6.92 Å². The summed E-state index contributed by atoms with van der Waals surface area (Å²) in [6.07, 6.45) is 2.27. The molecule has 0 amide bonds. The molecule has 1 N–H and O–H groups in total. The minimum Gasteiger partial charge on any atom is -0.464 e. The van der Waals surface area contributed by atoms with Crippen LogP contribution in [0.2, 0.25) is 0 Å². The molecule has 6 heteroatoms. The third kappa shape index (κ3) is 4.73. The molecule has 0 radical (unpaired) electrons. The second kappa shape index (κ2) is 7.68. The fourth-order valence-corrected chi connectivity index (χ4v) is 1.50. The van der Waals surface area contributed by atoms with Crippen LogP contribution in [-0.4, -0.2) is 35.2 Å². The summed E-state index contributed by atoms with van der Waals surface area (Å²) in [4.78, 5) is 12.3. The van der Waals surface area contributed by atoms with E-state index in [2.05, 4.69) is 34.1 Å². The molecule has 1 unspecified atom stereocenters. The van der Waals surface area contributed by atoms with Gasteiger partial charge in [0.1, 0.15) is 0 Å². The number of hydrogen-bond acceptors (Lipinski definition) is 6. The molecule has 1 aromatic rings. The minimum absolute atomic E-state index is 0.287. The van der Waals surface area contributed by atoms with Gasteiger partial charge in [-0.3, -0.25) is 0 Å². The van der Waals surface area contributed by atoms with Crippen molar-refractivity contribution >= 4 is 5.95 Å². The lowest BCUT2D eigenvalue weighted by molar-refractivity contribution is 0.226. The fraction of sp³-hybridized carbons (Fsp3) is 0.750. The van der Waals surface area contributed by atoms with Crippen LogP contribution in [0.25, 0.3) is 0 Å². The highest BCUT2D eigenvalue weighted by Gasteiger charge is 2.09. The normalized spacial score (nSPS) is 12.0. The molecule has 0 spiro atoms. The molecule has 0 aliphatic rings. The summed E-state index contributed by atoms with van der Waals surface area (Å²) in [6, 6.07) is 0.593. The number of ether oxygens (including phenoxy) is 2. The van der Waals surface area contributed by atoms with Gasteiger partial charge in [-0.15, -0.1) is 4.98 Å². The lowest BCUT2D eigenvalue weighted by Crippen LogP contribution is -2.12. The van der Waals surface area contributed by atoms with Crippen molar-refractivity contribution in [1.82, 2.24) is 15.0 Å². The number of rotatable bonds is 8. The Morgan fingerprint density at radius 3 is 2.33 bits per heavy atom. The fourth-order valence-electron chi connectivity index (χ4n) is 1.50. The van der Waals surface area contributed by atoms with Crippen LogP contribution in [0, 0.1) is 5.92 Å². The summed E-state index contributed by atoms with van der Waals surface area (Å²) in [7, 11) is 1.74. The Morgan fingerprint density at radius 1 is 1.11 bits per heavy atom. The van der Waals surface area contributed by atoms with Crippen LogP contribution in [0.15, 0.2) is 0 Å². The first-order valence-electron chi connectivity index (χ1n) is 6.39. The standard InChI is InChI=1S/C12H22N4O2/c1-5-7-9(3)8-18-12-15-10(13-4)14-11(16-12)17-6-2/h9H,5-8H2,1-4H3,(H,13,14,15,16). The van der Waals surface area contributed by atoms with Crippen LogP contribution in [-0.2, 0) is 0 Å². The van der Waals surface area contributed by atoms with Crippen molar-refractivity contribution in [3.05, 3.63) is 0 Å². The van der Waals surface area contributed by atoms with Gasteiger partial charge in [-0.2, -0.15) is 9.97 Å². The molecule has 102 valence electrons. The summed E-state index contributed by atoms with van der Waals surface area (Å²) >= 11 is 0. The van der Waals surface area contributed by atoms with Crippen LogP contribution in [0.1, 0.15) is 33.6 Å². The number of hydrogen-bond donors (Lipinski definition) is 1. The third-order valence-electron chi connectivity index (χ3n) is 2.37. The quantitative estimate of drug-likeness (QED) is 0.766. The van der Waals surface area contributed by atoms with Crippen molar-refractivity contribution in [2.24, 2.45) is 5.92 Å². The van der Waals surface area contributed by atoms with Crippen LogP contribution >= 0.6 is 0 Å². The number of aromatic nitrogens is 3. The predicted octanol–water partition coefficient (Wildman–Crippen LogP) is 2.13. The van der Waals surface area contributed by atoms with Gasteiger partial charge < -0.3 is 14.8 Å². The number of nitrogens with one attached hydrogen (secondary N) is 1. The van der Waals surface area contributed by atoms with Gasteiger partial charge in [0.2, 0.25) is 5.95 Å². The van der Waals surface area contributed by atoms with Crippen molar-refractivity contribution in [3.63, 3.8) is 0 Å². The highest BCUT2D eigenvalue weighted by molar-refractivity contribution is 5.26. The van der Waals surface area contributed by atoms with Crippen LogP contribution in [0.5, 0.6) is 12.0 Å². The number of anilines is 1. The van der Waals surface area contributed by atoms with Gasteiger partial charge in [0, 0.05) is 7.05 Å². The molecule has 1 atom stereocenters. The van der Waals surface area contributed by atoms with Crippen molar-refractivity contribution in [3.8, 4) is 12.0 Å². The van der Waals surface area contributed by atoms with E-state index in [0.717, 1.165) is 12.8 Å². The summed E-state index contributed by atoms with van der Waals surface area (Å²) in [5, 5.41) is 2.86. The van der Waals surface area contributed by atoms with Crippen LogP contribution < -0.4 is 14.8 Å². The van der Waals surface area contributed by atoms with Crippen LogP contribution in [0.3, 0.4) is 0 Å². The maximum Gasteiger partial charge on any atom is 0.324 e. The maximum absolute atomic E-state index is 5.57. The van der Waals surface area contributed by atoms with E-state index in [4.69, 9.17) is 9.47 Å². The Bertz CT molecular complexity index is 360. The van der Waals surface area contributed by atoms with E-state index in [-0.39, 0.29) is 6.01 Å². The van der Waals surface area contributed by atoms with E-state index in [1.54, 1.807) is 7.05 Å². The third-order valence-corrected chi connectivity index (χ3v) is 2.37. The molecule has 6 nitrogen and oxygen atoms in total. The van der Waals surface area contributed by atoms with E-state index < -0.39 is 0 Å². The molecule has 0 bridgehead atoms. The van der Waals surface area contributed by atoms with Gasteiger partial charge in [-0.25, -0.2) is 0 Å². The van der Waals surface area contributed by atoms with Gasteiger partial charge in [0.25, 0.3) is 0 Å². The summed E-state index contributed by atoms with van der Waals surface area (Å²) in [5.74, 6) is 0.937. The van der Waals surface area contributed by atoms with E-state index >= 15 is 0 Å². The van der Waals surface area contributed by atoms with Crippen LogP contribution in [0.4, 0.5) is 5.95 Å². The van der Waals surface area contributed by atoms with E-state index in [9.17, 15) is 0 Å². The molecular formula is C12H22N4O2. The van der Waals surface area contributed by atoms with Gasteiger partial charge in [-0.05, 0) is 19.3 Å². The minimum atomic E-state index is 0.287. The zero-order valence-electron chi connectivity index (χ0n) is 11.6. The Labute approximate surface area is 108 Å². The lowest BCUT2D eigenvalue weighted by atomic mass is 10.1. The molecule has 0 saturated heterocycles. The lowest BCUT2D eigenvalue weighted by Gasteiger charge is -2.11. The Kier molecular flexibility index (Phi) is 6.18. The predicted molar refractivity (Wildman–Crippen MR) is 70.1 cm³/mol. The van der Waals surface area contributed by atoms with Crippen molar-refractivity contribution < 1.29 is 9.47 Å². The zero-order valence-corrected chi connectivity index (χ0v) is 11.6. The highest BCUT2D eigenvalue weighted by Crippen LogP contribution is 2.14. The first-order valence-corrected chi connectivity index (χ1v) is 6.39. The van der Waals surface area contributed by atoms with E-state index in [1.165, 1.54) is 0 Å². The first-order chi connectivity index (χ1) is 8.69. The van der Waals surface area contributed by atoms with Gasteiger partial charge in [-0.1, -0.05) is 20.3 Å². The first kappa shape index (κ1) is 14.5. The monoisotopic (exact) mass is 254 g/mol. The molecule has 0 aromatic carbocycles. The molecular weight excluding hydrogens is 232 g/mol. The SMILES string of the molecule is CCCC(C)COc1nc(NC)nc(OCC)n1. The second-order valence-corrected chi connectivity index (χ2v) is 4.11. The molecule has 1 heterocycles. The molecule has 0 aliphatic carbocycles. The topological polar surface area (TPSA) is 69.2 Å². The second-order valence-electron chi connectivity index (χ2n) is 4.11. The molecule has 0 fully saturated rings. The average molecular weight is 254 g/mol. The van der Waals surface area contributed by atoms with Crippen molar-refractivity contribution in [1.29, 1.82) is 0 Å². The molecule has 1 aromatic heterocycles. The zero-order chi connectivity index (χ0) is 13.4. The maximum atomic E-state index is 5.57. The Morgan fingerprint density at radius 2 is 1.78 bits per heavy atom. The van der Waals surface area contributed by atoms with Crippen molar-refractivity contribution in [2.75, 3.05) is 25.6 Å². The number of nitrogens with zero attached hydrogens (tertiary/aromatic N) is 3. The summed E-state index contributed by atoms with van der Waals surface area (Å²) in [5.41, 5.74) is 0. The highest BCUT2D eigenvalue weighted by atomic mass is 16.5. The van der Waals surface area contributed by atoms with Gasteiger partial charge in [0.05, 0.1) is 13.2 Å². The molecule has 0 saturated carbocycles. The average Bonchev–Trinajstić information content (AvgIpc) is 2.37. The summed E-state index contributed by atoms with van der Waals surface area (Å²) in [6.45, 7) is 7.30. The smallest absolute Gasteiger partial charge is 0.324 e. The van der Waals surface area contributed by atoms with Gasteiger partial charge in [0.15, 0.2) is 0 Å². The van der Waals surface area contributed by atoms with E-state index in [0.29, 0.717) is 31.1 Å². The molecule has 18 heavy (non-hydrogen) atoms. The molecule has 0 aliphatic heterocycles. The molecule has 1 rings (SSSR count). The Balaban J connectivity index is 2.65. The van der Waals surface area contributed by atoms with Crippen molar-refractivity contribution in [2.45, 2.75) is 33.6 Å².